The normalized spacial score (nSPS) is 12.0. The van der Waals surface area contributed by atoms with Gasteiger partial charge in [-0.05, 0) is 31.0 Å². The van der Waals surface area contributed by atoms with E-state index in [0.717, 1.165) is 11.3 Å². The van der Waals surface area contributed by atoms with Gasteiger partial charge in [0.05, 0.1) is 0 Å². The van der Waals surface area contributed by atoms with Crippen LogP contribution in [0.1, 0.15) is 18.9 Å². The van der Waals surface area contributed by atoms with Crippen molar-refractivity contribution in [3.05, 3.63) is 29.8 Å². The highest BCUT2D eigenvalue weighted by Crippen LogP contribution is 2.16. The van der Waals surface area contributed by atoms with E-state index in [9.17, 15) is 4.79 Å². The van der Waals surface area contributed by atoms with E-state index in [2.05, 4.69) is 0 Å². The van der Waals surface area contributed by atoms with Crippen molar-refractivity contribution in [3.8, 4) is 5.75 Å². The molecule has 3 heteroatoms. The molecule has 0 radical (unpaired) electrons. The molecule has 16 heavy (non-hydrogen) atoms. The fraction of sp³-hybridized carbons (Fsp3) is 0.462. The van der Waals surface area contributed by atoms with Gasteiger partial charge in [-0.1, -0.05) is 19.1 Å². The van der Waals surface area contributed by atoms with Crippen molar-refractivity contribution in [2.45, 2.75) is 26.4 Å². The van der Waals surface area contributed by atoms with Crippen molar-refractivity contribution in [3.63, 3.8) is 0 Å². The number of hydrogen-bond acceptors (Lipinski definition) is 2. The summed E-state index contributed by atoms with van der Waals surface area (Å²) < 4.78 is 5.68. The predicted molar refractivity (Wildman–Crippen MR) is 64.6 cm³/mol. The summed E-state index contributed by atoms with van der Waals surface area (Å²) in [6, 6.07) is 7.74. The molecular formula is C13H19NO2. The minimum Gasteiger partial charge on any atom is -0.481 e. The Labute approximate surface area is 97.0 Å². The van der Waals surface area contributed by atoms with Gasteiger partial charge in [0.1, 0.15) is 5.75 Å². The molecule has 0 saturated carbocycles. The van der Waals surface area contributed by atoms with E-state index in [1.807, 2.05) is 38.1 Å². The Morgan fingerprint density at radius 3 is 2.62 bits per heavy atom. The van der Waals surface area contributed by atoms with Crippen LogP contribution in [0.15, 0.2) is 24.3 Å². The van der Waals surface area contributed by atoms with Gasteiger partial charge in [-0.15, -0.1) is 0 Å². The molecule has 1 atom stereocenters. The van der Waals surface area contributed by atoms with Gasteiger partial charge in [0.25, 0.3) is 5.91 Å². The van der Waals surface area contributed by atoms with Gasteiger partial charge in [0.15, 0.2) is 6.10 Å². The third kappa shape index (κ3) is 3.26. The Morgan fingerprint density at radius 1 is 1.44 bits per heavy atom. The zero-order valence-corrected chi connectivity index (χ0v) is 10.4. The van der Waals surface area contributed by atoms with Crippen molar-refractivity contribution in [2.24, 2.45) is 0 Å². The van der Waals surface area contributed by atoms with Crippen LogP contribution >= 0.6 is 0 Å². The van der Waals surface area contributed by atoms with Crippen molar-refractivity contribution in [1.82, 2.24) is 4.90 Å². The molecule has 0 aliphatic rings. The third-order valence-electron chi connectivity index (χ3n) is 2.35. The maximum atomic E-state index is 11.8. The molecular weight excluding hydrogens is 202 g/mol. The number of benzene rings is 1. The van der Waals surface area contributed by atoms with Gasteiger partial charge >= 0.3 is 0 Å². The number of ether oxygens (including phenoxy) is 1. The fourth-order valence-corrected chi connectivity index (χ4v) is 1.45. The van der Waals surface area contributed by atoms with Gasteiger partial charge in [0.2, 0.25) is 0 Å². The Hall–Kier alpha value is -1.51. The van der Waals surface area contributed by atoms with Crippen LogP contribution in [0.3, 0.4) is 0 Å². The molecule has 0 aliphatic carbocycles. The number of hydrogen-bond donors (Lipinski definition) is 0. The lowest BCUT2D eigenvalue weighted by Gasteiger charge is -2.20. The molecule has 0 heterocycles. The van der Waals surface area contributed by atoms with Gasteiger partial charge in [-0.2, -0.15) is 0 Å². The standard InChI is InChI=1S/C13H19NO2/c1-5-12(13(15)14(3)4)16-11-8-6-7-10(2)9-11/h6-9,12H,5H2,1-4H3/t12-/m1/s1. The first kappa shape index (κ1) is 12.6. The van der Waals surface area contributed by atoms with E-state index in [0.29, 0.717) is 6.42 Å². The number of nitrogens with zero attached hydrogens (tertiary/aromatic N) is 1. The highest BCUT2D eigenvalue weighted by Gasteiger charge is 2.19. The number of aryl methyl sites for hydroxylation is 1. The number of carbonyl (C=O) groups is 1. The van der Waals surface area contributed by atoms with Crippen LogP contribution in [0.2, 0.25) is 0 Å². The summed E-state index contributed by atoms with van der Waals surface area (Å²) >= 11 is 0. The minimum absolute atomic E-state index is 0.00371. The topological polar surface area (TPSA) is 29.5 Å². The fourth-order valence-electron chi connectivity index (χ4n) is 1.45. The maximum absolute atomic E-state index is 11.8. The molecule has 0 bridgehead atoms. The molecule has 0 spiro atoms. The zero-order chi connectivity index (χ0) is 12.1. The first-order chi connectivity index (χ1) is 7.54. The number of likely N-dealkylation sites (N-methyl/N-ethyl adjacent to an activating group) is 1. The first-order valence-corrected chi connectivity index (χ1v) is 5.49. The van der Waals surface area contributed by atoms with Gasteiger partial charge in [-0.3, -0.25) is 4.79 Å². The lowest BCUT2D eigenvalue weighted by atomic mass is 10.2. The van der Waals surface area contributed by atoms with Crippen LogP contribution in [-0.2, 0) is 4.79 Å². The smallest absolute Gasteiger partial charge is 0.263 e. The minimum atomic E-state index is -0.392. The summed E-state index contributed by atoms with van der Waals surface area (Å²) in [6.07, 6.45) is 0.280. The summed E-state index contributed by atoms with van der Waals surface area (Å²) in [5.74, 6) is 0.756. The van der Waals surface area contributed by atoms with Crippen molar-refractivity contribution < 1.29 is 9.53 Å². The summed E-state index contributed by atoms with van der Waals surface area (Å²) in [4.78, 5) is 13.3. The molecule has 0 fully saturated rings. The van der Waals surface area contributed by atoms with E-state index in [1.165, 1.54) is 0 Å². The van der Waals surface area contributed by atoms with Gasteiger partial charge < -0.3 is 9.64 Å². The summed E-state index contributed by atoms with van der Waals surface area (Å²) in [5.41, 5.74) is 1.13. The molecule has 0 N–H and O–H groups in total. The Morgan fingerprint density at radius 2 is 2.12 bits per heavy atom. The molecule has 1 aromatic carbocycles. The van der Waals surface area contributed by atoms with Gasteiger partial charge in [0, 0.05) is 14.1 Å². The van der Waals surface area contributed by atoms with Gasteiger partial charge in [-0.25, -0.2) is 0 Å². The average molecular weight is 221 g/mol. The molecule has 3 nitrogen and oxygen atoms in total. The molecule has 0 aromatic heterocycles. The van der Waals surface area contributed by atoms with Crippen LogP contribution in [0.25, 0.3) is 0 Å². The lowest BCUT2D eigenvalue weighted by Crippen LogP contribution is -2.37. The SMILES string of the molecule is CC[C@@H](Oc1cccc(C)c1)C(=O)N(C)C. The highest BCUT2D eigenvalue weighted by molar-refractivity contribution is 5.80. The Bertz CT molecular complexity index is 361. The second-order valence-corrected chi connectivity index (χ2v) is 4.06. The van der Waals surface area contributed by atoms with Crippen LogP contribution in [-0.4, -0.2) is 31.0 Å². The average Bonchev–Trinajstić information content (AvgIpc) is 2.25. The predicted octanol–water partition coefficient (Wildman–Crippen LogP) is 2.24. The van der Waals surface area contributed by atoms with E-state index >= 15 is 0 Å². The monoisotopic (exact) mass is 221 g/mol. The first-order valence-electron chi connectivity index (χ1n) is 5.49. The molecule has 1 amide bonds. The number of carbonyl (C=O) groups excluding carboxylic acids is 1. The highest BCUT2D eigenvalue weighted by atomic mass is 16.5. The van der Waals surface area contributed by atoms with E-state index in [4.69, 9.17) is 4.74 Å². The second kappa shape index (κ2) is 5.54. The summed E-state index contributed by atoms with van der Waals surface area (Å²) in [5, 5.41) is 0. The second-order valence-electron chi connectivity index (χ2n) is 4.06. The van der Waals surface area contributed by atoms with Crippen molar-refractivity contribution in [2.75, 3.05) is 14.1 Å². The zero-order valence-electron chi connectivity index (χ0n) is 10.4. The Kier molecular flexibility index (Phi) is 4.35. The third-order valence-corrected chi connectivity index (χ3v) is 2.35. The van der Waals surface area contributed by atoms with Crippen molar-refractivity contribution in [1.29, 1.82) is 0 Å². The van der Waals surface area contributed by atoms with E-state index < -0.39 is 6.10 Å². The summed E-state index contributed by atoms with van der Waals surface area (Å²) in [7, 11) is 3.48. The molecule has 1 rings (SSSR count). The molecule has 0 aliphatic heterocycles. The quantitative estimate of drug-likeness (QED) is 0.780. The summed E-state index contributed by atoms with van der Waals surface area (Å²) in [6.45, 7) is 3.95. The Balaban J connectivity index is 2.74. The van der Waals surface area contributed by atoms with Crippen molar-refractivity contribution >= 4 is 5.91 Å². The van der Waals surface area contributed by atoms with Crippen LogP contribution in [0, 0.1) is 6.92 Å². The molecule has 1 aromatic rings. The largest absolute Gasteiger partial charge is 0.481 e. The van der Waals surface area contributed by atoms with E-state index in [-0.39, 0.29) is 5.91 Å². The van der Waals surface area contributed by atoms with Crippen LogP contribution < -0.4 is 4.74 Å². The molecule has 88 valence electrons. The maximum Gasteiger partial charge on any atom is 0.263 e. The number of rotatable bonds is 4. The number of amides is 1. The lowest BCUT2D eigenvalue weighted by molar-refractivity contribution is -0.136. The molecule has 0 saturated heterocycles. The van der Waals surface area contributed by atoms with Crippen LogP contribution in [0.5, 0.6) is 5.75 Å². The molecule has 0 unspecified atom stereocenters. The van der Waals surface area contributed by atoms with E-state index in [1.54, 1.807) is 19.0 Å². The van der Waals surface area contributed by atoms with Crippen LogP contribution in [0.4, 0.5) is 0 Å².